The van der Waals surface area contributed by atoms with E-state index >= 15 is 0 Å². The lowest BCUT2D eigenvalue weighted by molar-refractivity contribution is -0.0957. The molecule has 3 nitrogen and oxygen atoms in total. The van der Waals surface area contributed by atoms with E-state index in [1.807, 2.05) is 0 Å². The Morgan fingerprint density at radius 2 is 2.00 bits per heavy atom. The Morgan fingerprint density at radius 3 is 2.79 bits per heavy atom. The Hall–Kier alpha value is -0.120. The van der Waals surface area contributed by atoms with Crippen LogP contribution in [0.15, 0.2) is 0 Å². The molecule has 0 bridgehead atoms. The van der Waals surface area contributed by atoms with Crippen LogP contribution in [0.5, 0.6) is 0 Å². The first-order valence-corrected chi connectivity index (χ1v) is 8.32. The van der Waals surface area contributed by atoms with Gasteiger partial charge in [0, 0.05) is 25.0 Å². The minimum Gasteiger partial charge on any atom is -0.390 e. The normalized spacial score (nSPS) is 41.4. The molecule has 1 aliphatic carbocycles. The van der Waals surface area contributed by atoms with Crippen molar-refractivity contribution < 1.29 is 5.11 Å². The molecule has 0 spiro atoms. The molecule has 1 N–H and O–H groups in total. The second kappa shape index (κ2) is 5.71. The van der Waals surface area contributed by atoms with Crippen molar-refractivity contribution in [3.05, 3.63) is 0 Å². The van der Waals surface area contributed by atoms with E-state index in [-0.39, 0.29) is 5.60 Å². The van der Waals surface area contributed by atoms with E-state index in [4.69, 9.17) is 0 Å². The number of hydrogen-bond acceptors (Lipinski definition) is 3. The second-order valence-corrected chi connectivity index (χ2v) is 7.16. The van der Waals surface area contributed by atoms with Gasteiger partial charge in [0.25, 0.3) is 0 Å². The molecule has 2 heterocycles. The Balaban J connectivity index is 1.48. The topological polar surface area (TPSA) is 26.7 Å². The zero-order valence-electron chi connectivity index (χ0n) is 12.5. The summed E-state index contributed by atoms with van der Waals surface area (Å²) in [6.07, 6.45) is 9.96. The molecule has 3 unspecified atom stereocenters. The summed E-state index contributed by atoms with van der Waals surface area (Å²) in [6.45, 7) is 4.78. The van der Waals surface area contributed by atoms with Gasteiger partial charge >= 0.3 is 0 Å². The van der Waals surface area contributed by atoms with Crippen molar-refractivity contribution in [1.82, 2.24) is 9.80 Å². The molecule has 3 fully saturated rings. The maximum absolute atomic E-state index is 10.7. The van der Waals surface area contributed by atoms with Crippen molar-refractivity contribution in [3.8, 4) is 0 Å². The van der Waals surface area contributed by atoms with Gasteiger partial charge in [-0.2, -0.15) is 0 Å². The van der Waals surface area contributed by atoms with Crippen LogP contribution in [0, 0.1) is 5.92 Å². The van der Waals surface area contributed by atoms with Gasteiger partial charge in [-0.05, 0) is 58.7 Å². The molecule has 0 radical (unpaired) electrons. The Bertz CT molecular complexity index is 309. The molecule has 3 heteroatoms. The highest BCUT2D eigenvalue weighted by molar-refractivity contribution is 4.95. The highest BCUT2D eigenvalue weighted by atomic mass is 16.3. The first-order chi connectivity index (χ1) is 9.17. The van der Waals surface area contributed by atoms with Crippen molar-refractivity contribution in [2.45, 2.75) is 63.0 Å². The standard InChI is InChI=1S/C16H30N2O/c1-17-10-4-6-15(17)7-11-18-12-9-16(19)8-3-2-5-14(16)13-18/h14-15,19H,2-13H2,1H3. The smallest absolute Gasteiger partial charge is 0.0700 e. The third-order valence-electron chi connectivity index (χ3n) is 5.96. The monoisotopic (exact) mass is 266 g/mol. The van der Waals surface area contributed by atoms with Crippen molar-refractivity contribution in [3.63, 3.8) is 0 Å². The van der Waals surface area contributed by atoms with E-state index in [1.54, 1.807) is 0 Å². The number of piperidine rings is 1. The van der Waals surface area contributed by atoms with Crippen LogP contribution < -0.4 is 0 Å². The van der Waals surface area contributed by atoms with Crippen molar-refractivity contribution in [1.29, 1.82) is 0 Å². The molecular weight excluding hydrogens is 236 g/mol. The van der Waals surface area contributed by atoms with Crippen molar-refractivity contribution in [2.75, 3.05) is 33.2 Å². The average Bonchev–Trinajstić information content (AvgIpc) is 2.81. The highest BCUT2D eigenvalue weighted by Crippen LogP contribution is 2.39. The fraction of sp³-hybridized carbons (Fsp3) is 1.00. The fourth-order valence-corrected chi connectivity index (χ4v) is 4.52. The van der Waals surface area contributed by atoms with Gasteiger partial charge in [-0.3, -0.25) is 0 Å². The summed E-state index contributed by atoms with van der Waals surface area (Å²) < 4.78 is 0. The Morgan fingerprint density at radius 1 is 1.11 bits per heavy atom. The molecule has 0 aromatic heterocycles. The van der Waals surface area contributed by atoms with E-state index in [9.17, 15) is 5.11 Å². The van der Waals surface area contributed by atoms with Crippen LogP contribution in [-0.2, 0) is 0 Å². The van der Waals surface area contributed by atoms with E-state index in [2.05, 4.69) is 16.8 Å². The summed E-state index contributed by atoms with van der Waals surface area (Å²) >= 11 is 0. The summed E-state index contributed by atoms with van der Waals surface area (Å²) in [5, 5.41) is 10.7. The van der Waals surface area contributed by atoms with Gasteiger partial charge in [0.1, 0.15) is 0 Å². The lowest BCUT2D eigenvalue weighted by Crippen LogP contribution is -2.53. The molecular formula is C16H30N2O. The quantitative estimate of drug-likeness (QED) is 0.847. The predicted molar refractivity (Wildman–Crippen MR) is 78.2 cm³/mol. The first kappa shape index (κ1) is 13.8. The van der Waals surface area contributed by atoms with Crippen LogP contribution in [0.1, 0.15) is 51.4 Å². The molecule has 2 aliphatic heterocycles. The van der Waals surface area contributed by atoms with E-state index in [0.717, 1.165) is 32.0 Å². The molecule has 3 rings (SSSR count). The zero-order valence-corrected chi connectivity index (χ0v) is 12.5. The second-order valence-electron chi connectivity index (χ2n) is 7.16. The Labute approximate surface area is 118 Å². The van der Waals surface area contributed by atoms with E-state index < -0.39 is 0 Å². The van der Waals surface area contributed by atoms with Gasteiger partial charge in [0.05, 0.1) is 5.60 Å². The summed E-state index contributed by atoms with van der Waals surface area (Å²) in [5.74, 6) is 0.552. The minimum atomic E-state index is -0.307. The largest absolute Gasteiger partial charge is 0.390 e. The third kappa shape index (κ3) is 2.98. The minimum absolute atomic E-state index is 0.307. The maximum Gasteiger partial charge on any atom is 0.0700 e. The molecule has 110 valence electrons. The SMILES string of the molecule is CN1CCCC1CCN1CCC2(O)CCCCC2C1. The summed E-state index contributed by atoms with van der Waals surface area (Å²) in [4.78, 5) is 5.15. The van der Waals surface area contributed by atoms with Crippen LogP contribution in [0.25, 0.3) is 0 Å². The van der Waals surface area contributed by atoms with Crippen molar-refractivity contribution in [2.24, 2.45) is 5.92 Å². The predicted octanol–water partition coefficient (Wildman–Crippen LogP) is 2.10. The van der Waals surface area contributed by atoms with Crippen LogP contribution in [-0.4, -0.2) is 59.8 Å². The van der Waals surface area contributed by atoms with Gasteiger partial charge in [0.2, 0.25) is 0 Å². The van der Waals surface area contributed by atoms with Gasteiger partial charge in [-0.15, -0.1) is 0 Å². The van der Waals surface area contributed by atoms with Crippen LogP contribution in [0.4, 0.5) is 0 Å². The summed E-state index contributed by atoms with van der Waals surface area (Å²) in [7, 11) is 2.27. The molecule has 0 aromatic rings. The van der Waals surface area contributed by atoms with Gasteiger partial charge in [0.15, 0.2) is 0 Å². The Kier molecular flexibility index (Phi) is 4.16. The summed E-state index contributed by atoms with van der Waals surface area (Å²) in [5.41, 5.74) is -0.307. The highest BCUT2D eigenvalue weighted by Gasteiger charge is 2.42. The van der Waals surface area contributed by atoms with Crippen LogP contribution in [0.2, 0.25) is 0 Å². The third-order valence-corrected chi connectivity index (χ3v) is 5.96. The van der Waals surface area contributed by atoms with E-state index in [0.29, 0.717) is 5.92 Å². The lowest BCUT2D eigenvalue weighted by atomic mass is 9.71. The first-order valence-electron chi connectivity index (χ1n) is 8.32. The number of fused-ring (bicyclic) bond motifs is 1. The number of likely N-dealkylation sites (tertiary alicyclic amines) is 2. The fourth-order valence-electron chi connectivity index (χ4n) is 4.52. The molecule has 0 amide bonds. The van der Waals surface area contributed by atoms with E-state index in [1.165, 1.54) is 51.6 Å². The van der Waals surface area contributed by atoms with Crippen molar-refractivity contribution >= 4 is 0 Å². The number of hydrogen-bond donors (Lipinski definition) is 1. The number of nitrogens with zero attached hydrogens (tertiary/aromatic N) is 2. The van der Waals surface area contributed by atoms with Gasteiger partial charge in [-0.25, -0.2) is 0 Å². The van der Waals surface area contributed by atoms with Gasteiger partial charge in [-0.1, -0.05) is 12.8 Å². The molecule has 0 aromatic carbocycles. The molecule has 19 heavy (non-hydrogen) atoms. The number of aliphatic hydroxyl groups is 1. The van der Waals surface area contributed by atoms with Crippen LogP contribution in [0.3, 0.4) is 0 Å². The van der Waals surface area contributed by atoms with Gasteiger partial charge < -0.3 is 14.9 Å². The zero-order chi connectivity index (χ0) is 13.3. The molecule has 2 saturated heterocycles. The molecule has 3 atom stereocenters. The lowest BCUT2D eigenvalue weighted by Gasteiger charge is -2.47. The maximum atomic E-state index is 10.7. The number of rotatable bonds is 3. The van der Waals surface area contributed by atoms with Crippen LogP contribution >= 0.6 is 0 Å². The molecule has 1 saturated carbocycles. The average molecular weight is 266 g/mol. The molecule has 3 aliphatic rings. The summed E-state index contributed by atoms with van der Waals surface area (Å²) in [6, 6.07) is 0.812.